The van der Waals surface area contributed by atoms with Crippen LogP contribution >= 0.6 is 0 Å². The van der Waals surface area contributed by atoms with Crippen molar-refractivity contribution in [3.63, 3.8) is 0 Å². The Hall–Kier alpha value is -3.47. The molecule has 37 heavy (non-hydrogen) atoms. The number of hydrogen-bond acceptors (Lipinski definition) is 5. The molecule has 0 spiro atoms. The van der Waals surface area contributed by atoms with E-state index in [4.69, 9.17) is 4.52 Å². The molecular weight excluding hydrogens is 492 g/mol. The second kappa shape index (κ2) is 10.1. The van der Waals surface area contributed by atoms with Gasteiger partial charge in [0.15, 0.2) is 0 Å². The summed E-state index contributed by atoms with van der Waals surface area (Å²) < 4.78 is 59.0. The van der Waals surface area contributed by atoms with Crippen molar-refractivity contribution in [2.45, 2.75) is 43.4 Å². The zero-order valence-corrected chi connectivity index (χ0v) is 19.9. The lowest BCUT2D eigenvalue weighted by Gasteiger charge is -2.40. The lowest BCUT2D eigenvalue weighted by Crippen LogP contribution is -2.51. The van der Waals surface area contributed by atoms with Crippen LogP contribution in [0.25, 0.3) is 11.4 Å². The standard InChI is InChI=1S/C26H26F4N4O3/c27-22-4-2-1-3-21(22)23-31-24(37-32-23)18-13-17(16-5-7-19(8-6-16)26(28,29)30)14-34(15-18)25(36)33-11-9-20(35)10-12-33/h1-8,17-18,20,35H,9-15H2. The first-order valence-electron chi connectivity index (χ1n) is 12.2. The number of carbonyl (C=O) groups is 1. The zero-order valence-electron chi connectivity index (χ0n) is 19.9. The SMILES string of the molecule is O=C(N1CCC(O)CC1)N1CC(c2ccc(C(F)(F)F)cc2)CC(c2nc(-c3ccccc3F)no2)C1. The molecule has 3 aromatic rings. The van der Waals surface area contributed by atoms with E-state index < -0.39 is 29.6 Å². The summed E-state index contributed by atoms with van der Waals surface area (Å²) in [6.07, 6.45) is -3.44. The fourth-order valence-corrected chi connectivity index (χ4v) is 5.03. The van der Waals surface area contributed by atoms with E-state index in [1.807, 2.05) is 0 Å². The summed E-state index contributed by atoms with van der Waals surface area (Å²) in [4.78, 5) is 21.1. The summed E-state index contributed by atoms with van der Waals surface area (Å²) in [5.74, 6) is -0.836. The molecule has 1 aromatic heterocycles. The van der Waals surface area contributed by atoms with Crippen LogP contribution in [-0.2, 0) is 6.18 Å². The van der Waals surface area contributed by atoms with Gasteiger partial charge >= 0.3 is 12.2 Å². The molecule has 1 N–H and O–H groups in total. The molecule has 3 heterocycles. The Bertz CT molecular complexity index is 1240. The number of carbonyl (C=O) groups excluding carboxylic acids is 1. The number of rotatable bonds is 3. The van der Waals surface area contributed by atoms with Crippen LogP contribution in [0.1, 0.15) is 48.1 Å². The summed E-state index contributed by atoms with van der Waals surface area (Å²) in [7, 11) is 0. The summed E-state index contributed by atoms with van der Waals surface area (Å²) in [6, 6.07) is 10.8. The smallest absolute Gasteiger partial charge is 0.393 e. The maximum atomic E-state index is 14.3. The first-order chi connectivity index (χ1) is 17.7. The molecule has 2 atom stereocenters. The minimum atomic E-state index is -4.44. The summed E-state index contributed by atoms with van der Waals surface area (Å²) in [5, 5.41) is 13.7. The highest BCUT2D eigenvalue weighted by molar-refractivity contribution is 5.75. The molecule has 2 aliphatic heterocycles. The number of hydrogen-bond donors (Lipinski definition) is 1. The minimum Gasteiger partial charge on any atom is -0.393 e. The molecule has 2 saturated heterocycles. The third-order valence-corrected chi connectivity index (χ3v) is 7.07. The maximum absolute atomic E-state index is 14.3. The van der Waals surface area contributed by atoms with E-state index in [-0.39, 0.29) is 35.8 Å². The molecular formula is C26H26F4N4O3. The second-order valence-corrected chi connectivity index (χ2v) is 9.59. The van der Waals surface area contributed by atoms with E-state index in [0.717, 1.165) is 12.1 Å². The van der Waals surface area contributed by atoms with Crippen LogP contribution in [0.3, 0.4) is 0 Å². The molecule has 0 radical (unpaired) electrons. The second-order valence-electron chi connectivity index (χ2n) is 9.59. The molecule has 0 saturated carbocycles. The highest BCUT2D eigenvalue weighted by atomic mass is 19.4. The quantitative estimate of drug-likeness (QED) is 0.491. The van der Waals surface area contributed by atoms with Gasteiger partial charge in [-0.1, -0.05) is 29.4 Å². The number of aromatic nitrogens is 2. The van der Waals surface area contributed by atoms with E-state index in [2.05, 4.69) is 10.1 Å². The van der Waals surface area contributed by atoms with Gasteiger partial charge in [0.05, 0.1) is 23.1 Å². The number of amides is 2. The average Bonchev–Trinajstić information content (AvgIpc) is 3.38. The van der Waals surface area contributed by atoms with Crippen molar-refractivity contribution in [1.82, 2.24) is 19.9 Å². The molecule has 196 valence electrons. The van der Waals surface area contributed by atoms with Gasteiger partial charge in [0.2, 0.25) is 11.7 Å². The number of aliphatic hydroxyl groups excluding tert-OH is 1. The van der Waals surface area contributed by atoms with Crippen molar-refractivity contribution < 1.29 is 32.0 Å². The molecule has 11 heteroatoms. The van der Waals surface area contributed by atoms with Gasteiger partial charge in [-0.2, -0.15) is 18.2 Å². The van der Waals surface area contributed by atoms with Crippen molar-refractivity contribution in [2.24, 2.45) is 0 Å². The average molecular weight is 519 g/mol. The zero-order chi connectivity index (χ0) is 26.2. The van der Waals surface area contributed by atoms with Gasteiger partial charge in [0.25, 0.3) is 0 Å². The van der Waals surface area contributed by atoms with Crippen LogP contribution in [-0.4, -0.2) is 63.4 Å². The van der Waals surface area contributed by atoms with Crippen molar-refractivity contribution in [2.75, 3.05) is 26.2 Å². The molecule has 2 aliphatic rings. The maximum Gasteiger partial charge on any atom is 0.416 e. The molecule has 2 amide bonds. The largest absolute Gasteiger partial charge is 0.416 e. The number of alkyl halides is 3. The lowest BCUT2D eigenvalue weighted by atomic mass is 9.84. The lowest BCUT2D eigenvalue weighted by molar-refractivity contribution is -0.137. The highest BCUT2D eigenvalue weighted by Gasteiger charge is 2.37. The summed E-state index contributed by atoms with van der Waals surface area (Å²) in [5.41, 5.74) is 0.112. The van der Waals surface area contributed by atoms with Crippen molar-refractivity contribution in [3.05, 3.63) is 71.4 Å². The predicted octanol–water partition coefficient (Wildman–Crippen LogP) is 5.04. The molecule has 5 rings (SSSR count). The Morgan fingerprint density at radius 3 is 2.32 bits per heavy atom. The van der Waals surface area contributed by atoms with Gasteiger partial charge in [-0.05, 0) is 49.1 Å². The van der Waals surface area contributed by atoms with E-state index in [9.17, 15) is 27.5 Å². The summed E-state index contributed by atoms with van der Waals surface area (Å²) in [6.45, 7) is 1.43. The number of nitrogens with zero attached hydrogens (tertiary/aromatic N) is 4. The molecule has 2 unspecified atom stereocenters. The molecule has 2 fully saturated rings. The summed E-state index contributed by atoms with van der Waals surface area (Å²) >= 11 is 0. The minimum absolute atomic E-state index is 0.0904. The van der Waals surface area contributed by atoms with Crippen LogP contribution in [0.5, 0.6) is 0 Å². The number of urea groups is 1. The van der Waals surface area contributed by atoms with Gasteiger partial charge < -0.3 is 19.4 Å². The fourth-order valence-electron chi connectivity index (χ4n) is 5.03. The first-order valence-corrected chi connectivity index (χ1v) is 12.2. The van der Waals surface area contributed by atoms with Crippen LogP contribution in [0.15, 0.2) is 53.1 Å². The first kappa shape index (κ1) is 25.2. The number of aliphatic hydroxyl groups is 1. The number of halogens is 4. The highest BCUT2D eigenvalue weighted by Crippen LogP contribution is 2.38. The van der Waals surface area contributed by atoms with Crippen LogP contribution in [0.2, 0.25) is 0 Å². The Balaban J connectivity index is 1.42. The third kappa shape index (κ3) is 5.46. The molecule has 2 aromatic carbocycles. The van der Waals surface area contributed by atoms with Crippen molar-refractivity contribution in [1.29, 1.82) is 0 Å². The fraction of sp³-hybridized carbons (Fsp3) is 0.423. The van der Waals surface area contributed by atoms with Gasteiger partial charge in [-0.3, -0.25) is 0 Å². The van der Waals surface area contributed by atoms with Gasteiger partial charge in [-0.25, -0.2) is 9.18 Å². The van der Waals surface area contributed by atoms with Gasteiger partial charge in [0, 0.05) is 32.1 Å². The Labute approximate surface area is 210 Å². The Morgan fingerprint density at radius 2 is 1.65 bits per heavy atom. The van der Waals surface area contributed by atoms with E-state index >= 15 is 0 Å². The number of likely N-dealkylation sites (tertiary alicyclic amines) is 2. The molecule has 0 aliphatic carbocycles. The van der Waals surface area contributed by atoms with Crippen LogP contribution < -0.4 is 0 Å². The van der Waals surface area contributed by atoms with Gasteiger partial charge in [-0.15, -0.1) is 0 Å². The van der Waals surface area contributed by atoms with E-state index in [1.165, 1.54) is 24.3 Å². The monoisotopic (exact) mass is 518 g/mol. The predicted molar refractivity (Wildman–Crippen MR) is 125 cm³/mol. The number of piperidine rings is 2. The van der Waals surface area contributed by atoms with Gasteiger partial charge in [0.1, 0.15) is 5.82 Å². The third-order valence-electron chi connectivity index (χ3n) is 7.07. The van der Waals surface area contributed by atoms with E-state index in [0.29, 0.717) is 44.5 Å². The normalized spacial score (nSPS) is 21.3. The molecule has 7 nitrogen and oxygen atoms in total. The Morgan fingerprint density at radius 1 is 0.973 bits per heavy atom. The van der Waals surface area contributed by atoms with Crippen LogP contribution in [0.4, 0.5) is 22.4 Å². The van der Waals surface area contributed by atoms with Crippen molar-refractivity contribution >= 4 is 6.03 Å². The van der Waals surface area contributed by atoms with Crippen molar-refractivity contribution in [3.8, 4) is 11.4 Å². The topological polar surface area (TPSA) is 82.7 Å². The molecule has 0 bridgehead atoms. The Kier molecular flexibility index (Phi) is 6.89. The number of benzene rings is 2. The van der Waals surface area contributed by atoms with E-state index in [1.54, 1.807) is 21.9 Å². The van der Waals surface area contributed by atoms with Crippen LogP contribution in [0, 0.1) is 5.82 Å².